The van der Waals surface area contributed by atoms with Crippen molar-refractivity contribution < 1.29 is 9.90 Å². The molecule has 1 atom stereocenters. The molecule has 0 spiro atoms. The Kier molecular flexibility index (Phi) is 3.33. The van der Waals surface area contributed by atoms with Gasteiger partial charge in [0.15, 0.2) is 0 Å². The molecule has 1 aromatic carbocycles. The van der Waals surface area contributed by atoms with Gasteiger partial charge in [0.2, 0.25) is 0 Å². The number of aryl methyl sites for hydroxylation is 2. The van der Waals surface area contributed by atoms with E-state index in [9.17, 15) is 9.90 Å². The van der Waals surface area contributed by atoms with Crippen LogP contribution in [0.3, 0.4) is 0 Å². The van der Waals surface area contributed by atoms with Gasteiger partial charge in [0.1, 0.15) is 0 Å². The predicted octanol–water partition coefficient (Wildman–Crippen LogP) is 2.99. The third-order valence-corrected chi connectivity index (χ3v) is 4.07. The smallest absolute Gasteiger partial charge is 0.311 e. The molecule has 1 aliphatic heterocycles. The molecule has 1 saturated heterocycles. The summed E-state index contributed by atoms with van der Waals surface area (Å²) in [6.07, 6.45) is 1.71. The Bertz CT molecular complexity index is 470. The molecule has 3 heteroatoms. The van der Waals surface area contributed by atoms with Crippen LogP contribution in [0.5, 0.6) is 0 Å². The van der Waals surface area contributed by atoms with Crippen molar-refractivity contribution in [1.29, 1.82) is 0 Å². The first-order valence-corrected chi connectivity index (χ1v) is 6.48. The van der Waals surface area contributed by atoms with Gasteiger partial charge >= 0.3 is 5.97 Å². The molecular weight excluding hydrogens is 226 g/mol. The second-order valence-electron chi connectivity index (χ2n) is 5.66. The van der Waals surface area contributed by atoms with E-state index in [1.807, 2.05) is 6.92 Å². The Labute approximate surface area is 108 Å². The number of piperidine rings is 1. The van der Waals surface area contributed by atoms with Crippen molar-refractivity contribution in [2.45, 2.75) is 33.6 Å². The van der Waals surface area contributed by atoms with E-state index in [4.69, 9.17) is 0 Å². The highest BCUT2D eigenvalue weighted by molar-refractivity contribution is 5.75. The number of hydrogen-bond acceptors (Lipinski definition) is 2. The normalized spacial score (nSPS) is 24.1. The first-order chi connectivity index (χ1) is 8.42. The van der Waals surface area contributed by atoms with Gasteiger partial charge in [0, 0.05) is 18.8 Å². The number of carbonyl (C=O) groups is 1. The van der Waals surface area contributed by atoms with E-state index in [1.165, 1.54) is 11.1 Å². The molecule has 0 aliphatic carbocycles. The first kappa shape index (κ1) is 12.9. The van der Waals surface area contributed by atoms with Crippen molar-refractivity contribution >= 4 is 11.7 Å². The Hall–Kier alpha value is -1.51. The van der Waals surface area contributed by atoms with E-state index >= 15 is 0 Å². The fourth-order valence-corrected chi connectivity index (χ4v) is 2.56. The van der Waals surface area contributed by atoms with Gasteiger partial charge in [-0.15, -0.1) is 0 Å². The second-order valence-corrected chi connectivity index (χ2v) is 5.66. The zero-order valence-electron chi connectivity index (χ0n) is 11.4. The van der Waals surface area contributed by atoms with E-state index in [1.54, 1.807) is 0 Å². The number of anilines is 1. The Morgan fingerprint density at radius 2 is 2.06 bits per heavy atom. The Balaban J connectivity index is 2.23. The van der Waals surface area contributed by atoms with Gasteiger partial charge < -0.3 is 10.0 Å². The summed E-state index contributed by atoms with van der Waals surface area (Å²) in [5.74, 6) is -0.684. The van der Waals surface area contributed by atoms with Crippen molar-refractivity contribution in [3.63, 3.8) is 0 Å². The van der Waals surface area contributed by atoms with Crippen LogP contribution >= 0.6 is 0 Å². The molecule has 98 valence electrons. The van der Waals surface area contributed by atoms with Gasteiger partial charge in [-0.1, -0.05) is 6.07 Å². The monoisotopic (exact) mass is 247 g/mol. The van der Waals surface area contributed by atoms with Crippen molar-refractivity contribution in [1.82, 2.24) is 0 Å². The maximum absolute atomic E-state index is 11.3. The molecular formula is C15H21NO2. The van der Waals surface area contributed by atoms with Crippen LogP contribution in [0.2, 0.25) is 0 Å². The largest absolute Gasteiger partial charge is 0.481 e. The third-order valence-electron chi connectivity index (χ3n) is 4.07. The molecule has 0 radical (unpaired) electrons. The number of carboxylic acids is 1. The molecule has 2 rings (SSSR count). The Morgan fingerprint density at radius 3 is 2.67 bits per heavy atom. The number of hydrogen-bond donors (Lipinski definition) is 1. The summed E-state index contributed by atoms with van der Waals surface area (Å²) in [5, 5.41) is 9.33. The number of aliphatic carboxylic acids is 1. The van der Waals surface area contributed by atoms with E-state index in [0.717, 1.165) is 25.1 Å². The lowest BCUT2D eigenvalue weighted by molar-refractivity contribution is -0.148. The molecule has 1 aliphatic rings. The lowest BCUT2D eigenvalue weighted by Crippen LogP contribution is -2.46. The van der Waals surface area contributed by atoms with E-state index in [0.29, 0.717) is 6.54 Å². The SMILES string of the molecule is Cc1ccc(N2CCCC(C)(C(=O)O)C2)cc1C. The van der Waals surface area contributed by atoms with Gasteiger partial charge in [-0.05, 0) is 56.9 Å². The lowest BCUT2D eigenvalue weighted by atomic mass is 9.82. The Morgan fingerprint density at radius 1 is 1.33 bits per heavy atom. The summed E-state index contributed by atoms with van der Waals surface area (Å²) >= 11 is 0. The predicted molar refractivity (Wildman–Crippen MR) is 73.1 cm³/mol. The minimum atomic E-state index is -0.684. The van der Waals surface area contributed by atoms with Crippen LogP contribution in [0, 0.1) is 19.3 Å². The molecule has 0 saturated carbocycles. The topological polar surface area (TPSA) is 40.5 Å². The summed E-state index contributed by atoms with van der Waals surface area (Å²) in [5.41, 5.74) is 3.06. The van der Waals surface area contributed by atoms with E-state index in [2.05, 4.69) is 36.9 Å². The molecule has 1 N–H and O–H groups in total. The van der Waals surface area contributed by atoms with Gasteiger partial charge in [0.25, 0.3) is 0 Å². The van der Waals surface area contributed by atoms with Gasteiger partial charge in [-0.2, -0.15) is 0 Å². The summed E-state index contributed by atoms with van der Waals surface area (Å²) in [6, 6.07) is 6.36. The zero-order valence-corrected chi connectivity index (χ0v) is 11.4. The van der Waals surface area contributed by atoms with Gasteiger partial charge in [0.05, 0.1) is 5.41 Å². The summed E-state index contributed by atoms with van der Waals surface area (Å²) in [4.78, 5) is 13.5. The zero-order chi connectivity index (χ0) is 13.3. The van der Waals surface area contributed by atoms with Crippen molar-refractivity contribution in [3.05, 3.63) is 29.3 Å². The number of rotatable bonds is 2. The number of benzene rings is 1. The minimum absolute atomic E-state index is 0.602. The average Bonchev–Trinajstić information content (AvgIpc) is 2.32. The minimum Gasteiger partial charge on any atom is -0.481 e. The van der Waals surface area contributed by atoms with Gasteiger partial charge in [-0.3, -0.25) is 4.79 Å². The molecule has 18 heavy (non-hydrogen) atoms. The highest BCUT2D eigenvalue weighted by Crippen LogP contribution is 2.33. The molecule has 1 fully saturated rings. The van der Waals surface area contributed by atoms with E-state index in [-0.39, 0.29) is 0 Å². The molecule has 3 nitrogen and oxygen atoms in total. The highest BCUT2D eigenvalue weighted by atomic mass is 16.4. The van der Waals surface area contributed by atoms with Crippen molar-refractivity contribution in [2.75, 3.05) is 18.0 Å². The van der Waals surface area contributed by atoms with Crippen LogP contribution in [0.4, 0.5) is 5.69 Å². The highest BCUT2D eigenvalue weighted by Gasteiger charge is 2.37. The maximum Gasteiger partial charge on any atom is 0.311 e. The lowest BCUT2D eigenvalue weighted by Gasteiger charge is -2.39. The molecule has 1 aromatic rings. The quantitative estimate of drug-likeness (QED) is 0.873. The first-order valence-electron chi connectivity index (χ1n) is 6.48. The molecule has 0 aromatic heterocycles. The van der Waals surface area contributed by atoms with Crippen molar-refractivity contribution in [3.8, 4) is 0 Å². The van der Waals surface area contributed by atoms with E-state index < -0.39 is 11.4 Å². The van der Waals surface area contributed by atoms with Gasteiger partial charge in [-0.25, -0.2) is 0 Å². The molecule has 1 heterocycles. The van der Waals surface area contributed by atoms with Crippen LogP contribution in [-0.4, -0.2) is 24.2 Å². The van der Waals surface area contributed by atoms with Crippen LogP contribution in [-0.2, 0) is 4.79 Å². The molecule has 1 unspecified atom stereocenters. The van der Waals surface area contributed by atoms with Crippen LogP contribution in [0.15, 0.2) is 18.2 Å². The average molecular weight is 247 g/mol. The molecule has 0 bridgehead atoms. The second kappa shape index (κ2) is 4.63. The fraction of sp³-hybridized carbons (Fsp3) is 0.533. The molecule has 0 amide bonds. The number of carboxylic acid groups (broad SMARTS) is 1. The van der Waals surface area contributed by atoms with Crippen LogP contribution < -0.4 is 4.90 Å². The standard InChI is InChI=1S/C15H21NO2/c1-11-5-6-13(9-12(11)2)16-8-4-7-15(3,10-16)14(17)18/h5-6,9H,4,7-8,10H2,1-3H3,(H,17,18). The summed E-state index contributed by atoms with van der Waals surface area (Å²) < 4.78 is 0. The summed E-state index contributed by atoms with van der Waals surface area (Å²) in [7, 11) is 0. The van der Waals surface area contributed by atoms with Crippen molar-refractivity contribution in [2.24, 2.45) is 5.41 Å². The fourth-order valence-electron chi connectivity index (χ4n) is 2.56. The van der Waals surface area contributed by atoms with Crippen LogP contribution in [0.1, 0.15) is 30.9 Å². The summed E-state index contributed by atoms with van der Waals surface area (Å²) in [6.45, 7) is 7.59. The number of nitrogens with zero attached hydrogens (tertiary/aromatic N) is 1. The third kappa shape index (κ3) is 2.35. The maximum atomic E-state index is 11.3. The van der Waals surface area contributed by atoms with Crippen LogP contribution in [0.25, 0.3) is 0 Å².